The Hall–Kier alpha value is -2.89. The van der Waals surface area contributed by atoms with Crippen molar-refractivity contribution in [3.05, 3.63) is 65.0 Å². The summed E-state index contributed by atoms with van der Waals surface area (Å²) < 4.78 is 12.7. The number of hydrogen-bond acceptors (Lipinski definition) is 5. The van der Waals surface area contributed by atoms with Gasteiger partial charge in [0.25, 0.3) is 0 Å². The van der Waals surface area contributed by atoms with Gasteiger partial charge in [-0.1, -0.05) is 30.3 Å². The molecule has 2 aromatic carbocycles. The summed E-state index contributed by atoms with van der Waals surface area (Å²) in [6.07, 6.45) is 2.50. The first kappa shape index (κ1) is 15.6. The van der Waals surface area contributed by atoms with E-state index < -0.39 is 0 Å². The van der Waals surface area contributed by atoms with E-state index in [9.17, 15) is 0 Å². The number of nitrogens with zero attached hydrogens (tertiary/aromatic N) is 4. The minimum atomic E-state index is 0.173. The van der Waals surface area contributed by atoms with Crippen molar-refractivity contribution in [2.24, 2.45) is 0 Å². The van der Waals surface area contributed by atoms with Crippen LogP contribution in [0.25, 0.3) is 0 Å². The Morgan fingerprint density at radius 2 is 1.84 bits per heavy atom. The normalized spacial score (nSPS) is 15.8. The van der Waals surface area contributed by atoms with Crippen molar-refractivity contribution in [1.29, 1.82) is 0 Å². The molecule has 0 fully saturated rings. The average molecular weight is 336 g/mol. The molecule has 0 radical (unpaired) electrons. The molecule has 1 aliphatic heterocycles. The molecule has 6 nitrogen and oxygen atoms in total. The van der Waals surface area contributed by atoms with Crippen molar-refractivity contribution in [2.45, 2.75) is 25.3 Å². The van der Waals surface area contributed by atoms with Crippen LogP contribution < -0.4 is 9.47 Å². The molecule has 0 amide bonds. The Labute approximate surface area is 146 Å². The molecule has 0 saturated heterocycles. The highest BCUT2D eigenvalue weighted by Crippen LogP contribution is 2.31. The maximum absolute atomic E-state index is 5.43. The Kier molecular flexibility index (Phi) is 4.09. The topological polar surface area (TPSA) is 62.1 Å². The average Bonchev–Trinajstić information content (AvgIpc) is 3.05. The number of methoxy groups -OCH3 is 2. The predicted molar refractivity (Wildman–Crippen MR) is 93.1 cm³/mol. The van der Waals surface area contributed by atoms with E-state index in [1.54, 1.807) is 14.2 Å². The highest BCUT2D eigenvalue weighted by atomic mass is 16.5. The van der Waals surface area contributed by atoms with E-state index >= 15 is 0 Å². The quantitative estimate of drug-likeness (QED) is 0.733. The van der Waals surface area contributed by atoms with Crippen LogP contribution in [0.1, 0.15) is 28.6 Å². The van der Waals surface area contributed by atoms with Gasteiger partial charge in [-0.3, -0.25) is 0 Å². The number of benzene rings is 2. The van der Waals surface area contributed by atoms with Crippen LogP contribution in [-0.4, -0.2) is 34.4 Å². The summed E-state index contributed by atoms with van der Waals surface area (Å²) in [6, 6.07) is 14.7. The lowest BCUT2D eigenvalue weighted by molar-refractivity contribution is 0.354. The van der Waals surface area contributed by atoms with Crippen molar-refractivity contribution in [1.82, 2.24) is 20.2 Å². The van der Waals surface area contributed by atoms with Gasteiger partial charge in [0.05, 0.1) is 20.3 Å². The van der Waals surface area contributed by atoms with Gasteiger partial charge in [0.15, 0.2) is 17.3 Å². The van der Waals surface area contributed by atoms with Crippen LogP contribution in [0, 0.1) is 0 Å². The molecule has 0 saturated carbocycles. The standard InChI is InChI=1S/C19H20N4O2/c1-24-17-8-7-13(10-18(17)25-2)9-16-11-14-5-3-4-6-15(14)12-19-20-21-22-23(16)19/h3-8,10,16H,9,11-12H2,1-2H3. The number of rotatable bonds is 4. The molecule has 6 heteroatoms. The second kappa shape index (κ2) is 6.55. The van der Waals surface area contributed by atoms with Gasteiger partial charge < -0.3 is 9.47 Å². The minimum Gasteiger partial charge on any atom is -0.493 e. The fourth-order valence-corrected chi connectivity index (χ4v) is 3.49. The zero-order chi connectivity index (χ0) is 17.2. The third-order valence-electron chi connectivity index (χ3n) is 4.75. The smallest absolute Gasteiger partial charge is 0.160 e. The molecule has 0 N–H and O–H groups in total. The third kappa shape index (κ3) is 2.95. The summed E-state index contributed by atoms with van der Waals surface area (Å²) >= 11 is 0. The van der Waals surface area contributed by atoms with Gasteiger partial charge in [-0.15, -0.1) is 5.10 Å². The van der Waals surface area contributed by atoms with Crippen LogP contribution >= 0.6 is 0 Å². The van der Waals surface area contributed by atoms with Gasteiger partial charge in [-0.25, -0.2) is 4.68 Å². The maximum Gasteiger partial charge on any atom is 0.160 e. The van der Waals surface area contributed by atoms with Crippen LogP contribution in [0.2, 0.25) is 0 Å². The van der Waals surface area contributed by atoms with E-state index in [-0.39, 0.29) is 6.04 Å². The molecule has 3 aromatic rings. The van der Waals surface area contributed by atoms with Gasteiger partial charge in [0.2, 0.25) is 0 Å². The van der Waals surface area contributed by atoms with Crippen molar-refractivity contribution >= 4 is 0 Å². The maximum atomic E-state index is 5.43. The Bertz CT molecular complexity index is 891. The summed E-state index contributed by atoms with van der Waals surface area (Å²) in [4.78, 5) is 0. The molecule has 1 unspecified atom stereocenters. The lowest BCUT2D eigenvalue weighted by Crippen LogP contribution is -2.17. The van der Waals surface area contributed by atoms with Crippen LogP contribution in [-0.2, 0) is 19.3 Å². The van der Waals surface area contributed by atoms with Gasteiger partial charge in [0, 0.05) is 6.42 Å². The molecule has 1 aliphatic rings. The van der Waals surface area contributed by atoms with Gasteiger partial charge in [-0.2, -0.15) is 0 Å². The molecule has 1 aromatic heterocycles. The van der Waals surface area contributed by atoms with E-state index in [2.05, 4.69) is 45.9 Å². The number of hydrogen-bond donors (Lipinski definition) is 0. The fraction of sp³-hybridized carbons (Fsp3) is 0.316. The van der Waals surface area contributed by atoms with Gasteiger partial charge in [-0.05, 0) is 52.1 Å². The van der Waals surface area contributed by atoms with Crippen LogP contribution in [0.15, 0.2) is 42.5 Å². The van der Waals surface area contributed by atoms with Gasteiger partial charge >= 0.3 is 0 Å². The summed E-state index contributed by atoms with van der Waals surface area (Å²) in [5, 5.41) is 12.4. The number of ether oxygens (including phenoxy) is 2. The fourth-order valence-electron chi connectivity index (χ4n) is 3.49. The van der Waals surface area contributed by atoms with Crippen molar-refractivity contribution < 1.29 is 9.47 Å². The highest BCUT2D eigenvalue weighted by molar-refractivity contribution is 5.43. The molecule has 4 rings (SSSR count). The summed E-state index contributed by atoms with van der Waals surface area (Å²) in [5.74, 6) is 2.39. The van der Waals surface area contributed by atoms with Crippen molar-refractivity contribution in [3.8, 4) is 11.5 Å². The molecule has 1 atom stereocenters. The second-order valence-corrected chi connectivity index (χ2v) is 6.24. The molecule has 128 valence electrons. The first-order valence-electron chi connectivity index (χ1n) is 8.33. The predicted octanol–water partition coefficient (Wildman–Crippen LogP) is 2.62. The van der Waals surface area contributed by atoms with E-state index in [0.29, 0.717) is 0 Å². The number of aromatic nitrogens is 4. The Morgan fingerprint density at radius 3 is 2.64 bits per heavy atom. The van der Waals surface area contributed by atoms with E-state index in [1.165, 1.54) is 16.7 Å². The largest absolute Gasteiger partial charge is 0.493 e. The summed E-state index contributed by atoms with van der Waals surface area (Å²) in [7, 11) is 3.30. The second-order valence-electron chi connectivity index (χ2n) is 6.24. The molecular formula is C19H20N4O2. The van der Waals surface area contributed by atoms with Crippen LogP contribution in [0.3, 0.4) is 0 Å². The Balaban J connectivity index is 1.68. The van der Waals surface area contributed by atoms with Crippen molar-refractivity contribution in [3.63, 3.8) is 0 Å². The number of fused-ring (bicyclic) bond motifs is 2. The third-order valence-corrected chi connectivity index (χ3v) is 4.75. The van der Waals surface area contributed by atoms with Gasteiger partial charge in [0.1, 0.15) is 0 Å². The van der Waals surface area contributed by atoms with E-state index in [0.717, 1.165) is 36.6 Å². The Morgan fingerprint density at radius 1 is 1.04 bits per heavy atom. The zero-order valence-corrected chi connectivity index (χ0v) is 14.3. The van der Waals surface area contributed by atoms with E-state index in [4.69, 9.17) is 9.47 Å². The molecule has 25 heavy (non-hydrogen) atoms. The highest BCUT2D eigenvalue weighted by Gasteiger charge is 2.24. The molecule has 0 bridgehead atoms. The molecule has 0 spiro atoms. The van der Waals surface area contributed by atoms with Crippen LogP contribution in [0.5, 0.6) is 11.5 Å². The zero-order valence-electron chi connectivity index (χ0n) is 14.3. The SMILES string of the molecule is COc1ccc(CC2Cc3ccccc3Cc3nnnn32)cc1OC. The van der Waals surface area contributed by atoms with Crippen molar-refractivity contribution in [2.75, 3.05) is 14.2 Å². The molecular weight excluding hydrogens is 316 g/mol. The summed E-state index contributed by atoms with van der Waals surface area (Å²) in [6.45, 7) is 0. The first-order chi connectivity index (χ1) is 12.3. The number of tetrazole rings is 1. The lowest BCUT2D eigenvalue weighted by atomic mass is 9.96. The molecule has 2 heterocycles. The van der Waals surface area contributed by atoms with Crippen LogP contribution in [0.4, 0.5) is 0 Å². The lowest BCUT2D eigenvalue weighted by Gasteiger charge is -2.17. The minimum absolute atomic E-state index is 0.173. The monoisotopic (exact) mass is 336 g/mol. The molecule has 0 aliphatic carbocycles. The van der Waals surface area contributed by atoms with E-state index in [1.807, 2.05) is 16.8 Å². The summed E-state index contributed by atoms with van der Waals surface area (Å²) in [5.41, 5.74) is 3.82. The first-order valence-corrected chi connectivity index (χ1v) is 8.33.